The molecule has 0 aliphatic heterocycles. The molecule has 0 spiro atoms. The summed E-state index contributed by atoms with van der Waals surface area (Å²) in [6, 6.07) is 0. The summed E-state index contributed by atoms with van der Waals surface area (Å²) in [5.41, 5.74) is 0. The summed E-state index contributed by atoms with van der Waals surface area (Å²) in [7, 11) is 0. The van der Waals surface area contributed by atoms with Crippen molar-refractivity contribution in [1.82, 2.24) is 0 Å². The molecule has 2 fully saturated rings. The number of rotatable bonds is 13. The zero-order chi connectivity index (χ0) is 18.5. The predicted molar refractivity (Wildman–Crippen MR) is 115 cm³/mol. The second kappa shape index (κ2) is 13.8. The summed E-state index contributed by atoms with van der Waals surface area (Å²) in [5, 5.41) is 0. The van der Waals surface area contributed by atoms with Crippen molar-refractivity contribution in [3.05, 3.63) is 12.7 Å². The lowest BCUT2D eigenvalue weighted by atomic mass is 9.69. The second-order valence-electron chi connectivity index (χ2n) is 9.30. The van der Waals surface area contributed by atoms with E-state index < -0.39 is 0 Å². The minimum absolute atomic E-state index is 0.725. The van der Waals surface area contributed by atoms with E-state index >= 15 is 0 Å². The molecule has 0 N–H and O–H groups in total. The Morgan fingerprint density at radius 1 is 0.731 bits per heavy atom. The van der Waals surface area contributed by atoms with Gasteiger partial charge in [0.2, 0.25) is 0 Å². The van der Waals surface area contributed by atoms with Gasteiger partial charge in [0.05, 0.1) is 6.61 Å². The Bertz CT molecular complexity index is 334. The minimum Gasteiger partial charge on any atom is -0.377 e. The second-order valence-corrected chi connectivity index (χ2v) is 9.30. The Kier molecular flexibility index (Phi) is 11.7. The van der Waals surface area contributed by atoms with Crippen LogP contribution in [0.25, 0.3) is 0 Å². The molecule has 26 heavy (non-hydrogen) atoms. The third kappa shape index (κ3) is 8.59. The molecular formula is C25H46O. The largest absolute Gasteiger partial charge is 0.377 e. The molecular weight excluding hydrogens is 316 g/mol. The van der Waals surface area contributed by atoms with Gasteiger partial charge in [-0.15, -0.1) is 6.58 Å². The third-order valence-electron chi connectivity index (χ3n) is 7.25. The highest BCUT2D eigenvalue weighted by molar-refractivity contribution is 4.82. The number of hydrogen-bond donors (Lipinski definition) is 0. The maximum atomic E-state index is 5.67. The first-order valence-corrected chi connectivity index (χ1v) is 12.0. The van der Waals surface area contributed by atoms with Crippen molar-refractivity contribution in [2.24, 2.45) is 23.7 Å². The topological polar surface area (TPSA) is 9.23 Å². The maximum absolute atomic E-state index is 5.67. The van der Waals surface area contributed by atoms with Gasteiger partial charge in [0.15, 0.2) is 0 Å². The van der Waals surface area contributed by atoms with E-state index in [0.717, 1.165) is 36.9 Å². The van der Waals surface area contributed by atoms with E-state index in [4.69, 9.17) is 4.74 Å². The first-order valence-electron chi connectivity index (χ1n) is 12.0. The molecule has 0 radical (unpaired) electrons. The molecule has 2 saturated carbocycles. The van der Waals surface area contributed by atoms with Gasteiger partial charge in [0.25, 0.3) is 0 Å². The highest BCUT2D eigenvalue weighted by atomic mass is 16.5. The maximum Gasteiger partial charge on any atom is 0.0644 e. The van der Waals surface area contributed by atoms with Crippen LogP contribution in [0.15, 0.2) is 12.7 Å². The number of ether oxygens (including phenoxy) is 1. The van der Waals surface area contributed by atoms with Gasteiger partial charge < -0.3 is 4.74 Å². The SMILES string of the molecule is C=CCOCC1CCC(C2CCC(CCCCCCCCC)CC2)CC1. The first-order chi connectivity index (χ1) is 12.8. The van der Waals surface area contributed by atoms with Crippen molar-refractivity contribution >= 4 is 0 Å². The van der Waals surface area contributed by atoms with Gasteiger partial charge in [-0.2, -0.15) is 0 Å². The van der Waals surface area contributed by atoms with Gasteiger partial charge >= 0.3 is 0 Å². The van der Waals surface area contributed by atoms with E-state index in [1.54, 1.807) is 0 Å². The molecule has 0 aromatic carbocycles. The van der Waals surface area contributed by atoms with Crippen molar-refractivity contribution in [2.75, 3.05) is 13.2 Å². The van der Waals surface area contributed by atoms with E-state index in [0.29, 0.717) is 0 Å². The summed E-state index contributed by atoms with van der Waals surface area (Å²) < 4.78 is 5.67. The average Bonchev–Trinajstić information content (AvgIpc) is 2.69. The van der Waals surface area contributed by atoms with Crippen LogP contribution in [0.5, 0.6) is 0 Å². The fourth-order valence-corrected chi connectivity index (χ4v) is 5.48. The van der Waals surface area contributed by atoms with Gasteiger partial charge in [0.1, 0.15) is 0 Å². The molecule has 0 bridgehead atoms. The molecule has 2 aliphatic carbocycles. The van der Waals surface area contributed by atoms with Crippen LogP contribution in [0.1, 0.15) is 110 Å². The number of hydrogen-bond acceptors (Lipinski definition) is 1. The molecule has 1 heteroatoms. The first kappa shape index (κ1) is 22.0. The van der Waals surface area contributed by atoms with Crippen LogP contribution in [0.3, 0.4) is 0 Å². The van der Waals surface area contributed by atoms with Crippen LogP contribution in [-0.4, -0.2) is 13.2 Å². The van der Waals surface area contributed by atoms with E-state index in [9.17, 15) is 0 Å². The van der Waals surface area contributed by atoms with Crippen molar-refractivity contribution in [3.8, 4) is 0 Å². The Morgan fingerprint density at radius 2 is 1.27 bits per heavy atom. The molecule has 0 atom stereocenters. The smallest absolute Gasteiger partial charge is 0.0644 e. The quantitative estimate of drug-likeness (QED) is 0.238. The van der Waals surface area contributed by atoms with E-state index in [2.05, 4.69) is 13.5 Å². The fraction of sp³-hybridized carbons (Fsp3) is 0.920. The standard InChI is InChI=1S/C25H46O/c1-3-5-6-7-8-9-10-11-22-12-16-24(17-13-22)25-18-14-23(15-19-25)21-26-20-4-2/h4,22-25H,2-3,5-21H2,1H3. The van der Waals surface area contributed by atoms with Crippen LogP contribution < -0.4 is 0 Å². The van der Waals surface area contributed by atoms with Crippen LogP contribution in [0.4, 0.5) is 0 Å². The van der Waals surface area contributed by atoms with Gasteiger partial charge in [0, 0.05) is 6.61 Å². The average molecular weight is 363 g/mol. The summed E-state index contributed by atoms with van der Waals surface area (Å²) in [6.07, 6.45) is 25.5. The molecule has 152 valence electrons. The van der Waals surface area contributed by atoms with Crippen LogP contribution in [0.2, 0.25) is 0 Å². The predicted octanol–water partition coefficient (Wildman–Crippen LogP) is 7.94. The lowest BCUT2D eigenvalue weighted by Gasteiger charge is -2.38. The van der Waals surface area contributed by atoms with Gasteiger partial charge in [-0.05, 0) is 62.2 Å². The van der Waals surface area contributed by atoms with Crippen molar-refractivity contribution < 1.29 is 4.74 Å². The summed E-state index contributed by atoms with van der Waals surface area (Å²) in [5.74, 6) is 3.96. The highest BCUT2D eigenvalue weighted by Crippen LogP contribution is 2.42. The minimum atomic E-state index is 0.725. The van der Waals surface area contributed by atoms with Gasteiger partial charge in [-0.1, -0.05) is 77.2 Å². The summed E-state index contributed by atoms with van der Waals surface area (Å²) in [4.78, 5) is 0. The molecule has 0 heterocycles. The molecule has 0 amide bonds. The monoisotopic (exact) mass is 362 g/mol. The van der Waals surface area contributed by atoms with Crippen molar-refractivity contribution in [2.45, 2.75) is 110 Å². The van der Waals surface area contributed by atoms with E-state index in [1.807, 2.05) is 6.08 Å². The Balaban J connectivity index is 1.49. The Morgan fingerprint density at radius 3 is 1.85 bits per heavy atom. The molecule has 0 aromatic heterocycles. The summed E-state index contributed by atoms with van der Waals surface area (Å²) in [6.45, 7) is 7.73. The van der Waals surface area contributed by atoms with Crippen molar-refractivity contribution in [3.63, 3.8) is 0 Å². The van der Waals surface area contributed by atoms with Crippen LogP contribution in [0, 0.1) is 23.7 Å². The molecule has 0 saturated heterocycles. The van der Waals surface area contributed by atoms with Crippen LogP contribution >= 0.6 is 0 Å². The van der Waals surface area contributed by atoms with Crippen molar-refractivity contribution in [1.29, 1.82) is 0 Å². The van der Waals surface area contributed by atoms with Gasteiger partial charge in [-0.3, -0.25) is 0 Å². The molecule has 2 aliphatic rings. The third-order valence-corrected chi connectivity index (χ3v) is 7.25. The zero-order valence-electron chi connectivity index (χ0n) is 17.7. The lowest BCUT2D eigenvalue weighted by Crippen LogP contribution is -2.27. The summed E-state index contributed by atoms with van der Waals surface area (Å²) >= 11 is 0. The van der Waals surface area contributed by atoms with E-state index in [-0.39, 0.29) is 0 Å². The lowest BCUT2D eigenvalue weighted by molar-refractivity contribution is 0.0779. The molecule has 1 nitrogen and oxygen atoms in total. The van der Waals surface area contributed by atoms with Gasteiger partial charge in [-0.25, -0.2) is 0 Å². The van der Waals surface area contributed by atoms with Crippen LogP contribution in [-0.2, 0) is 4.74 Å². The normalized spacial score (nSPS) is 29.6. The number of unbranched alkanes of at least 4 members (excludes halogenated alkanes) is 6. The molecule has 2 rings (SSSR count). The Hall–Kier alpha value is -0.300. The highest BCUT2D eigenvalue weighted by Gasteiger charge is 2.30. The zero-order valence-corrected chi connectivity index (χ0v) is 17.7. The molecule has 0 aromatic rings. The van der Waals surface area contributed by atoms with E-state index in [1.165, 1.54) is 103 Å². The fourth-order valence-electron chi connectivity index (χ4n) is 5.48. The molecule has 0 unspecified atom stereocenters. The Labute approximate surface area is 164 Å².